The van der Waals surface area contributed by atoms with Gasteiger partial charge in [-0.25, -0.2) is 0 Å². The molecule has 0 bridgehead atoms. The molecule has 0 aliphatic heterocycles. The van der Waals surface area contributed by atoms with E-state index in [1.165, 1.54) is 91.9 Å². The Labute approximate surface area is 311 Å². The third-order valence-electron chi connectivity index (χ3n) is 11.8. The Morgan fingerprint density at radius 3 is 1.75 bits per heavy atom. The van der Waals surface area contributed by atoms with Gasteiger partial charge >= 0.3 is 0 Å². The van der Waals surface area contributed by atoms with Crippen LogP contribution < -0.4 is 4.90 Å². The lowest BCUT2D eigenvalue weighted by atomic mass is 9.68. The lowest BCUT2D eigenvalue weighted by Gasteiger charge is -2.32. The van der Waals surface area contributed by atoms with E-state index in [1.807, 2.05) is 11.3 Å². The number of hydrogen-bond acceptors (Lipinski definition) is 2. The van der Waals surface area contributed by atoms with E-state index in [-0.39, 0.29) is 0 Å². The molecular formula is C51H31NS. The Morgan fingerprint density at radius 2 is 0.981 bits per heavy atom. The van der Waals surface area contributed by atoms with Gasteiger partial charge in [0.05, 0.1) is 15.8 Å². The minimum absolute atomic E-state index is 0.443. The molecule has 0 saturated heterocycles. The Morgan fingerprint density at radius 1 is 0.377 bits per heavy atom. The van der Waals surface area contributed by atoms with Crippen LogP contribution in [0.4, 0.5) is 17.1 Å². The van der Waals surface area contributed by atoms with Gasteiger partial charge in [-0.1, -0.05) is 152 Å². The molecule has 0 N–H and O–H groups in total. The average Bonchev–Trinajstić information content (AvgIpc) is 3.86. The Balaban J connectivity index is 1.16. The van der Waals surface area contributed by atoms with Crippen molar-refractivity contribution in [1.29, 1.82) is 0 Å². The molecule has 1 nitrogen and oxygen atoms in total. The largest absolute Gasteiger partial charge is 0.309 e. The van der Waals surface area contributed by atoms with E-state index in [4.69, 9.17) is 0 Å². The van der Waals surface area contributed by atoms with Crippen LogP contribution in [-0.4, -0.2) is 0 Å². The predicted molar refractivity (Wildman–Crippen MR) is 225 cm³/mol. The van der Waals surface area contributed by atoms with Crippen LogP contribution in [0.15, 0.2) is 188 Å². The quantitative estimate of drug-likeness (QED) is 0.178. The second kappa shape index (κ2) is 10.8. The van der Waals surface area contributed by atoms with Crippen molar-refractivity contribution < 1.29 is 0 Å². The highest BCUT2D eigenvalue weighted by Crippen LogP contribution is 2.65. The number of thiophene rings is 1. The summed E-state index contributed by atoms with van der Waals surface area (Å²) in [7, 11) is 0. The number of para-hydroxylation sites is 1. The summed E-state index contributed by atoms with van der Waals surface area (Å²) < 4.78 is 2.61. The van der Waals surface area contributed by atoms with Crippen LogP contribution in [0.1, 0.15) is 22.3 Å². The molecule has 2 heteroatoms. The number of benzene rings is 9. The van der Waals surface area contributed by atoms with Crippen LogP contribution in [0.25, 0.3) is 64.0 Å². The lowest BCUT2D eigenvalue weighted by molar-refractivity contribution is 0.809. The maximum absolute atomic E-state index is 2.45. The first-order chi connectivity index (χ1) is 26.3. The minimum Gasteiger partial charge on any atom is -0.309 e. The molecule has 1 spiro atoms. The van der Waals surface area contributed by atoms with Crippen LogP contribution in [-0.2, 0) is 5.41 Å². The summed E-state index contributed by atoms with van der Waals surface area (Å²) in [4.78, 5) is 2.45. The maximum atomic E-state index is 2.45. The molecule has 10 aromatic rings. The van der Waals surface area contributed by atoms with Crippen molar-refractivity contribution >= 4 is 70.1 Å². The van der Waals surface area contributed by atoms with Crippen LogP contribution in [0, 0.1) is 0 Å². The minimum atomic E-state index is -0.443. The molecule has 0 atom stereocenters. The van der Waals surface area contributed by atoms with E-state index in [1.54, 1.807) is 0 Å². The third kappa shape index (κ3) is 3.81. The molecule has 12 rings (SSSR count). The van der Waals surface area contributed by atoms with Crippen molar-refractivity contribution in [1.82, 2.24) is 0 Å². The number of anilines is 3. The van der Waals surface area contributed by atoms with Gasteiger partial charge in [-0.2, -0.15) is 0 Å². The number of fused-ring (bicyclic) bond motifs is 17. The van der Waals surface area contributed by atoms with E-state index in [9.17, 15) is 0 Å². The molecule has 9 aromatic carbocycles. The zero-order valence-electron chi connectivity index (χ0n) is 28.8. The Hall–Kier alpha value is -6.48. The van der Waals surface area contributed by atoms with Gasteiger partial charge in [0.25, 0.3) is 0 Å². The van der Waals surface area contributed by atoms with Gasteiger partial charge in [0.1, 0.15) is 0 Å². The van der Waals surface area contributed by atoms with Crippen LogP contribution >= 0.6 is 11.3 Å². The Bertz CT molecular complexity index is 3090. The van der Waals surface area contributed by atoms with Crippen molar-refractivity contribution in [3.8, 4) is 22.3 Å². The molecule has 0 fully saturated rings. The fraction of sp³-hybridized carbons (Fsp3) is 0.0196. The van der Waals surface area contributed by atoms with Crippen LogP contribution in [0.3, 0.4) is 0 Å². The van der Waals surface area contributed by atoms with Crippen molar-refractivity contribution in [3.05, 3.63) is 210 Å². The van der Waals surface area contributed by atoms with E-state index in [0.717, 1.165) is 11.4 Å². The molecule has 0 radical (unpaired) electrons. The first-order valence-corrected chi connectivity index (χ1v) is 19.2. The molecule has 246 valence electrons. The second-order valence-electron chi connectivity index (χ2n) is 14.4. The van der Waals surface area contributed by atoms with Gasteiger partial charge in [-0.05, 0) is 102 Å². The topological polar surface area (TPSA) is 3.24 Å². The third-order valence-corrected chi connectivity index (χ3v) is 13.0. The van der Waals surface area contributed by atoms with Crippen molar-refractivity contribution in [3.63, 3.8) is 0 Å². The lowest BCUT2D eigenvalue weighted by Crippen LogP contribution is -2.26. The SMILES string of the molecule is c1ccc(N(c2ccc3c4c(ccc3c2)-c2ccc3ccccc3c2C42c3ccccc3-c3ccccc32)c2cccc3c2sc2ccccc23)cc1. The normalized spacial score (nSPS) is 13.4. The molecule has 0 unspecified atom stereocenters. The number of hydrogen-bond donors (Lipinski definition) is 0. The van der Waals surface area contributed by atoms with Gasteiger partial charge in [0.15, 0.2) is 0 Å². The van der Waals surface area contributed by atoms with Crippen molar-refractivity contribution in [2.75, 3.05) is 4.90 Å². The summed E-state index contributed by atoms with van der Waals surface area (Å²) in [5, 5.41) is 7.75. The standard InChI is InChI=1S/C51H31NS/c1-2-14-34(15-3-1)52(46-23-12-20-43-40-19-8-11-24-47(40)53-50(43)46)35-27-30-37-33(31-35)26-29-42-41-28-25-32-13-4-5-16-36(32)48(41)51(49(37)42)44-21-9-6-17-38(44)39-18-7-10-22-45(39)51/h1-31H. The van der Waals surface area contributed by atoms with E-state index in [2.05, 4.69) is 193 Å². The highest BCUT2D eigenvalue weighted by atomic mass is 32.1. The van der Waals surface area contributed by atoms with E-state index in [0.29, 0.717) is 0 Å². The monoisotopic (exact) mass is 689 g/mol. The molecule has 0 amide bonds. The van der Waals surface area contributed by atoms with Crippen molar-refractivity contribution in [2.24, 2.45) is 0 Å². The fourth-order valence-electron chi connectivity index (χ4n) is 9.80. The predicted octanol–water partition coefficient (Wildman–Crippen LogP) is 14.2. The van der Waals surface area contributed by atoms with Gasteiger partial charge in [0.2, 0.25) is 0 Å². The smallest absolute Gasteiger partial charge is 0.0737 e. The summed E-state index contributed by atoms with van der Waals surface area (Å²) >= 11 is 1.88. The second-order valence-corrected chi connectivity index (χ2v) is 15.4. The fourth-order valence-corrected chi connectivity index (χ4v) is 11.0. The molecule has 1 heterocycles. The highest BCUT2D eigenvalue weighted by Gasteiger charge is 2.53. The van der Waals surface area contributed by atoms with Crippen molar-refractivity contribution in [2.45, 2.75) is 5.41 Å². The zero-order valence-corrected chi connectivity index (χ0v) is 29.6. The summed E-state index contributed by atoms with van der Waals surface area (Å²) in [5.41, 5.74) is 13.9. The summed E-state index contributed by atoms with van der Waals surface area (Å²) in [6.07, 6.45) is 0. The van der Waals surface area contributed by atoms with E-state index < -0.39 is 5.41 Å². The first-order valence-electron chi connectivity index (χ1n) is 18.4. The summed E-state index contributed by atoms with van der Waals surface area (Å²) in [6, 6.07) is 70.2. The van der Waals surface area contributed by atoms with E-state index >= 15 is 0 Å². The Kier molecular flexibility index (Phi) is 5.92. The zero-order chi connectivity index (χ0) is 34.7. The highest BCUT2D eigenvalue weighted by molar-refractivity contribution is 7.26. The average molecular weight is 690 g/mol. The maximum Gasteiger partial charge on any atom is 0.0737 e. The number of nitrogens with zero attached hydrogens (tertiary/aromatic N) is 1. The summed E-state index contributed by atoms with van der Waals surface area (Å²) in [6.45, 7) is 0. The molecule has 53 heavy (non-hydrogen) atoms. The molecule has 1 aromatic heterocycles. The molecule has 0 saturated carbocycles. The van der Waals surface area contributed by atoms with Gasteiger partial charge < -0.3 is 4.90 Å². The first kappa shape index (κ1) is 29.1. The summed E-state index contributed by atoms with van der Waals surface area (Å²) in [5.74, 6) is 0. The van der Waals surface area contributed by atoms with Crippen LogP contribution in [0.5, 0.6) is 0 Å². The number of rotatable bonds is 3. The van der Waals surface area contributed by atoms with Crippen LogP contribution in [0.2, 0.25) is 0 Å². The molecule has 2 aliphatic rings. The van der Waals surface area contributed by atoms with Gasteiger partial charge in [-0.15, -0.1) is 11.3 Å². The van der Waals surface area contributed by atoms with Gasteiger partial charge in [-0.3, -0.25) is 0 Å². The van der Waals surface area contributed by atoms with Gasteiger partial charge in [0, 0.05) is 26.8 Å². The molecule has 2 aliphatic carbocycles. The molecular weight excluding hydrogens is 659 g/mol.